The van der Waals surface area contributed by atoms with Crippen LogP contribution in [0.1, 0.15) is 23.3 Å². The summed E-state index contributed by atoms with van der Waals surface area (Å²) in [6.07, 6.45) is 1.94. The smallest absolute Gasteiger partial charge is 0.270 e. The minimum absolute atomic E-state index is 0.105. The van der Waals surface area contributed by atoms with E-state index in [4.69, 9.17) is 0 Å². The molecule has 1 saturated heterocycles. The van der Waals surface area contributed by atoms with Crippen molar-refractivity contribution < 1.29 is 9.18 Å². The Morgan fingerprint density at radius 1 is 1.35 bits per heavy atom. The highest BCUT2D eigenvalue weighted by Gasteiger charge is 2.55. The topological polar surface area (TPSA) is 36.1 Å². The third-order valence-corrected chi connectivity index (χ3v) is 4.81. The number of hydrogen-bond acceptors (Lipinski definition) is 1. The molecule has 1 N–H and O–H groups in total. The van der Waals surface area contributed by atoms with Crippen LogP contribution in [-0.2, 0) is 0 Å². The monoisotopic (exact) mass is 336 g/mol. The summed E-state index contributed by atoms with van der Waals surface area (Å²) in [4.78, 5) is 17.0. The highest BCUT2D eigenvalue weighted by atomic mass is 79.9. The van der Waals surface area contributed by atoms with E-state index < -0.39 is 5.67 Å². The predicted molar refractivity (Wildman–Crippen MR) is 78.5 cm³/mol. The molecule has 20 heavy (non-hydrogen) atoms. The fraction of sp³-hybridized carbons (Fsp3) is 0.400. The molecule has 3 nitrogen and oxygen atoms in total. The second-order valence-corrected chi connectivity index (χ2v) is 6.80. The number of rotatable bonds is 2. The average Bonchev–Trinajstić information content (AvgIpc) is 3.15. The van der Waals surface area contributed by atoms with Crippen molar-refractivity contribution in [3.63, 3.8) is 0 Å². The summed E-state index contributed by atoms with van der Waals surface area (Å²) in [5.41, 5.74) is 0.331. The molecule has 1 amide bonds. The third kappa shape index (κ3) is 1.87. The quantitative estimate of drug-likeness (QED) is 0.895. The molecule has 5 heteroatoms. The van der Waals surface area contributed by atoms with E-state index in [0.717, 1.165) is 28.2 Å². The van der Waals surface area contributed by atoms with Crippen molar-refractivity contribution in [3.8, 4) is 0 Å². The maximum absolute atomic E-state index is 14.3. The summed E-state index contributed by atoms with van der Waals surface area (Å²) >= 11 is 3.41. The van der Waals surface area contributed by atoms with Gasteiger partial charge in [0.1, 0.15) is 11.4 Å². The van der Waals surface area contributed by atoms with E-state index in [1.54, 1.807) is 4.90 Å². The highest BCUT2D eigenvalue weighted by Crippen LogP contribution is 2.47. The molecule has 1 aromatic heterocycles. The zero-order valence-corrected chi connectivity index (χ0v) is 12.4. The normalized spacial score (nSPS) is 21.0. The van der Waals surface area contributed by atoms with E-state index in [0.29, 0.717) is 5.69 Å². The number of halogens is 2. The average molecular weight is 337 g/mol. The van der Waals surface area contributed by atoms with E-state index in [1.165, 1.54) is 0 Å². The number of H-pyrrole nitrogens is 1. The second kappa shape index (κ2) is 4.07. The van der Waals surface area contributed by atoms with Gasteiger partial charge in [-0.05, 0) is 37.0 Å². The lowest BCUT2D eigenvalue weighted by Gasteiger charge is -2.44. The Hall–Kier alpha value is -1.36. The van der Waals surface area contributed by atoms with Gasteiger partial charge in [0.2, 0.25) is 0 Å². The number of alkyl halides is 1. The van der Waals surface area contributed by atoms with Crippen molar-refractivity contribution >= 4 is 32.7 Å². The Balaban J connectivity index is 1.55. The molecule has 2 aliphatic rings. The first kappa shape index (κ1) is 12.4. The first-order chi connectivity index (χ1) is 9.55. The van der Waals surface area contributed by atoms with Crippen molar-refractivity contribution in [1.29, 1.82) is 0 Å². The fourth-order valence-corrected chi connectivity index (χ4v) is 3.34. The minimum atomic E-state index is -1.12. The molecule has 0 unspecified atom stereocenters. The number of aromatic amines is 1. The van der Waals surface area contributed by atoms with Crippen molar-refractivity contribution in [3.05, 3.63) is 34.4 Å². The van der Waals surface area contributed by atoms with Gasteiger partial charge in [-0.1, -0.05) is 22.0 Å². The van der Waals surface area contributed by atoms with E-state index >= 15 is 0 Å². The molecule has 104 valence electrons. The lowest BCUT2D eigenvalue weighted by Crippen LogP contribution is -2.62. The molecule has 2 aromatic rings. The van der Waals surface area contributed by atoms with Crippen LogP contribution in [0, 0.1) is 5.92 Å². The summed E-state index contributed by atoms with van der Waals surface area (Å²) in [5, 5.41) is 0.991. The van der Waals surface area contributed by atoms with Gasteiger partial charge in [-0.25, -0.2) is 4.39 Å². The number of nitrogens with zero attached hydrogens (tertiary/aromatic N) is 1. The molecule has 0 atom stereocenters. The lowest BCUT2D eigenvalue weighted by molar-refractivity contribution is -0.0339. The molecule has 1 aliphatic heterocycles. The Labute approximate surface area is 124 Å². The molecule has 0 spiro atoms. The van der Waals surface area contributed by atoms with E-state index in [1.807, 2.05) is 24.3 Å². The van der Waals surface area contributed by atoms with Crippen LogP contribution in [0.25, 0.3) is 10.9 Å². The summed E-state index contributed by atoms with van der Waals surface area (Å²) < 4.78 is 15.2. The van der Waals surface area contributed by atoms with Gasteiger partial charge in [-0.15, -0.1) is 0 Å². The number of aromatic nitrogens is 1. The molecule has 1 aliphatic carbocycles. The maximum Gasteiger partial charge on any atom is 0.270 e. The molecular formula is C15H14BrFN2O. The number of carbonyl (C=O) groups is 1. The molecular weight excluding hydrogens is 323 g/mol. The molecule has 0 bridgehead atoms. The maximum atomic E-state index is 14.3. The number of fused-ring (bicyclic) bond motifs is 1. The number of nitrogens with one attached hydrogen (secondary N) is 1. The zero-order valence-electron chi connectivity index (χ0n) is 10.8. The van der Waals surface area contributed by atoms with Gasteiger partial charge < -0.3 is 9.88 Å². The van der Waals surface area contributed by atoms with Gasteiger partial charge >= 0.3 is 0 Å². The Bertz CT molecular complexity index is 701. The van der Waals surface area contributed by atoms with Gasteiger partial charge in [-0.3, -0.25) is 4.79 Å². The standard InChI is InChI=1S/C15H14BrFN2O/c16-11-4-1-9-5-13(18-12(9)6-11)14(20)19-7-15(17,8-19)10-2-3-10/h1,4-6,10,18H,2-3,7-8H2. The van der Waals surface area contributed by atoms with Crippen molar-refractivity contribution in [2.45, 2.75) is 18.5 Å². The second-order valence-electron chi connectivity index (χ2n) is 5.88. The summed E-state index contributed by atoms with van der Waals surface area (Å²) in [5.74, 6) is 0.0801. The van der Waals surface area contributed by atoms with Gasteiger partial charge in [0, 0.05) is 15.4 Å². The van der Waals surface area contributed by atoms with Crippen LogP contribution in [0.4, 0.5) is 4.39 Å². The van der Waals surface area contributed by atoms with Gasteiger partial charge in [0.15, 0.2) is 0 Å². The third-order valence-electron chi connectivity index (χ3n) is 4.32. The SMILES string of the molecule is O=C(c1cc2ccc(Br)cc2[nH]1)N1CC(F)(C2CC2)C1. The Morgan fingerprint density at radius 2 is 2.10 bits per heavy atom. The van der Waals surface area contributed by atoms with Crippen LogP contribution >= 0.6 is 15.9 Å². The Kier molecular flexibility index (Phi) is 2.52. The van der Waals surface area contributed by atoms with Crippen molar-refractivity contribution in [1.82, 2.24) is 9.88 Å². The molecule has 2 heterocycles. The van der Waals surface area contributed by atoms with Gasteiger partial charge in [-0.2, -0.15) is 0 Å². The van der Waals surface area contributed by atoms with E-state index in [9.17, 15) is 9.18 Å². The lowest BCUT2D eigenvalue weighted by atomic mass is 9.90. The van der Waals surface area contributed by atoms with Crippen molar-refractivity contribution in [2.75, 3.05) is 13.1 Å². The fourth-order valence-electron chi connectivity index (χ4n) is 2.98. The molecule has 4 rings (SSSR count). The number of likely N-dealkylation sites (tertiary alicyclic amines) is 1. The first-order valence-electron chi connectivity index (χ1n) is 6.82. The molecule has 2 fully saturated rings. The molecule has 1 saturated carbocycles. The Morgan fingerprint density at radius 3 is 2.80 bits per heavy atom. The van der Waals surface area contributed by atoms with Crippen LogP contribution in [0.2, 0.25) is 0 Å². The van der Waals surface area contributed by atoms with Crippen LogP contribution < -0.4 is 0 Å². The predicted octanol–water partition coefficient (Wildman–Crippen LogP) is 3.50. The number of carbonyl (C=O) groups excluding carboxylic acids is 1. The first-order valence-corrected chi connectivity index (χ1v) is 7.61. The van der Waals surface area contributed by atoms with Crippen LogP contribution in [0.3, 0.4) is 0 Å². The van der Waals surface area contributed by atoms with Crippen LogP contribution in [-0.4, -0.2) is 34.5 Å². The minimum Gasteiger partial charge on any atom is -0.350 e. The van der Waals surface area contributed by atoms with Crippen molar-refractivity contribution in [2.24, 2.45) is 5.92 Å². The van der Waals surface area contributed by atoms with Gasteiger partial charge in [0.25, 0.3) is 5.91 Å². The molecule has 1 aromatic carbocycles. The number of amides is 1. The van der Waals surface area contributed by atoms with E-state index in [2.05, 4.69) is 20.9 Å². The largest absolute Gasteiger partial charge is 0.350 e. The number of hydrogen-bond donors (Lipinski definition) is 1. The van der Waals surface area contributed by atoms with E-state index in [-0.39, 0.29) is 24.9 Å². The zero-order chi connectivity index (χ0) is 13.9. The number of benzene rings is 1. The van der Waals surface area contributed by atoms with Gasteiger partial charge in [0.05, 0.1) is 13.1 Å². The van der Waals surface area contributed by atoms with Crippen LogP contribution in [0.15, 0.2) is 28.7 Å². The highest BCUT2D eigenvalue weighted by molar-refractivity contribution is 9.10. The molecule has 0 radical (unpaired) electrons. The summed E-state index contributed by atoms with van der Waals surface area (Å²) in [6.45, 7) is 0.491. The summed E-state index contributed by atoms with van der Waals surface area (Å²) in [6, 6.07) is 7.66. The summed E-state index contributed by atoms with van der Waals surface area (Å²) in [7, 11) is 0. The van der Waals surface area contributed by atoms with Crippen LogP contribution in [0.5, 0.6) is 0 Å².